The topological polar surface area (TPSA) is 341 Å². The first-order valence-electron chi connectivity index (χ1n) is 36.8. The first-order chi connectivity index (χ1) is 52.4. The van der Waals surface area contributed by atoms with E-state index in [2.05, 4.69) is 48.4 Å². The molecule has 6 aromatic carbocycles. The number of esters is 1. The minimum absolute atomic E-state index is 0.00843. The zero-order valence-electron chi connectivity index (χ0n) is 64.2. The zero-order valence-corrected chi connectivity index (χ0v) is 64.0. The summed E-state index contributed by atoms with van der Waals surface area (Å²) in [5.41, 5.74) is 4.28. The molecule has 0 bridgehead atoms. The molecule has 1 saturated heterocycles. The number of hydrogen-bond acceptors (Lipinski definition) is 15. The summed E-state index contributed by atoms with van der Waals surface area (Å²) in [4.78, 5) is 123. The number of guanidine groups is 1. The maximum absolute atomic E-state index is 15.6. The van der Waals surface area contributed by atoms with Crippen LogP contribution in [0.25, 0.3) is 10.9 Å². The number of aromatic nitrogens is 3. The monoisotopic (exact) mass is 1500 g/mol. The number of carbonyl (C=O) groups is 8. The molecule has 2 aliphatic rings. The standard InChI is InChI=1S/C81H96N12O13S.C2H2/c1-50-42-68(94)83-40-26-25-37-63(76(100)104-10)87-74(98)65(44-55-47-93(78(101)106-79(5,6)7)67-39-24-23-36-60(55)67)90-72(96)62(38-27-41-84-77(82)91-107(102,103)70-52(3)51(2)69-61(53(70)4)46-80(8,9)105-69)86-73(97)64(43-54-28-15-11-16-29-54)89-75(99)66(88-71(50)95)45-59-48-92(49-85-59)81(56-30-17-12-18-31-56,57-32-19-13-20-33-57)58-34-21-14-22-35-58;1-2/h11-24,28-36,39,47-50,62-66H,25-27,37-38,40-46H2,1-10H3,(H,83,94)(H,86,97)(H,87,98)(H,88,95)(H,89,99)(H,90,96)(H3,82,84,91);1-2H/t50-,62-,63-,64+,65-,66-;/m0./s1/i;1T. The lowest BCUT2D eigenvalue weighted by molar-refractivity contribution is -0.145. The Labute approximate surface area is 638 Å². The van der Waals surface area contributed by atoms with Gasteiger partial charge >= 0.3 is 12.1 Å². The van der Waals surface area contributed by atoms with E-state index in [4.69, 9.17) is 26.0 Å². The highest BCUT2D eigenvalue weighted by molar-refractivity contribution is 7.90. The number of methoxy groups -OCH3 is 1. The van der Waals surface area contributed by atoms with Crippen LogP contribution in [0.2, 0.25) is 0 Å². The van der Waals surface area contributed by atoms with Gasteiger partial charge < -0.3 is 56.0 Å². The molecule has 0 aliphatic carbocycles. The van der Waals surface area contributed by atoms with Crippen LogP contribution in [0.15, 0.2) is 169 Å². The van der Waals surface area contributed by atoms with E-state index in [1.54, 1.807) is 109 Å². The predicted octanol–water partition coefficient (Wildman–Crippen LogP) is 8.58. The third kappa shape index (κ3) is 20.0. The molecule has 6 atom stereocenters. The average molecular weight is 1510 g/mol. The number of nitrogens with zero attached hydrogens (tertiary/aromatic N) is 3. The molecule has 1 fully saturated rings. The van der Waals surface area contributed by atoms with Gasteiger partial charge in [-0.1, -0.05) is 146 Å². The lowest BCUT2D eigenvalue weighted by Crippen LogP contribution is -2.60. The normalized spacial score (nSPS) is 19.2. The van der Waals surface area contributed by atoms with E-state index in [0.717, 1.165) is 29.4 Å². The predicted molar refractivity (Wildman–Crippen MR) is 415 cm³/mol. The summed E-state index contributed by atoms with van der Waals surface area (Å²) < 4.78 is 57.2. The molecule has 0 radical (unpaired) electrons. The van der Waals surface area contributed by atoms with Crippen molar-refractivity contribution in [3.63, 3.8) is 0 Å². The number of amides is 6. The zero-order chi connectivity index (χ0) is 79.7. The Balaban J connectivity index is 0.00000456. The highest BCUT2D eigenvalue weighted by Crippen LogP contribution is 2.44. The summed E-state index contributed by atoms with van der Waals surface area (Å²) >= 11 is 0. The van der Waals surface area contributed by atoms with Gasteiger partial charge in [-0.05, 0) is 138 Å². The summed E-state index contributed by atoms with van der Waals surface area (Å²) in [6.07, 6.45) is 9.79. The molecule has 6 amide bonds. The van der Waals surface area contributed by atoms with Crippen molar-refractivity contribution < 1.29 is 62.4 Å². The second-order valence-corrected chi connectivity index (χ2v) is 30.7. The number of para-hydroxylation sites is 1. The number of hydrogen-bond donors (Lipinski definition) is 9. The maximum atomic E-state index is 15.6. The van der Waals surface area contributed by atoms with E-state index in [1.165, 1.54) is 17.2 Å². The number of nitrogens with one attached hydrogen (secondary N) is 9. The molecule has 2 aliphatic heterocycles. The Hall–Kier alpha value is -11.6. The molecular weight excluding hydrogens is 1410 g/mol. The molecule has 0 saturated carbocycles. The van der Waals surface area contributed by atoms with Gasteiger partial charge in [-0.25, -0.2) is 27.7 Å². The second kappa shape index (κ2) is 35.9. The smallest absolute Gasteiger partial charge is 0.419 e. The third-order valence-corrected chi connectivity index (χ3v) is 21.0. The molecule has 109 heavy (non-hydrogen) atoms. The number of ether oxygens (including phenoxy) is 3. The molecule has 0 spiro atoms. The Morgan fingerprint density at radius 2 is 1.24 bits per heavy atom. The van der Waals surface area contributed by atoms with Crippen molar-refractivity contribution in [1.82, 2.24) is 56.1 Å². The quantitative estimate of drug-likeness (QED) is 0.0103. The highest BCUT2D eigenvalue weighted by atomic mass is 32.2. The van der Waals surface area contributed by atoms with Gasteiger partial charge in [0.1, 0.15) is 54.1 Å². The van der Waals surface area contributed by atoms with Gasteiger partial charge in [0.15, 0.2) is 0 Å². The molecular formula is C83H98N12O13S. The minimum atomic E-state index is -4.39. The Morgan fingerprint density at radius 1 is 0.706 bits per heavy atom. The molecule has 574 valence electrons. The van der Waals surface area contributed by atoms with Gasteiger partial charge in [0.2, 0.25) is 41.4 Å². The maximum Gasteiger partial charge on any atom is 0.419 e. The Kier molecular flexibility index (Phi) is 26.3. The minimum Gasteiger partial charge on any atom is -0.487 e. The first-order valence-corrected chi connectivity index (χ1v) is 37.8. The van der Waals surface area contributed by atoms with Gasteiger partial charge in [-0.15, -0.1) is 12.8 Å². The molecule has 26 heteroatoms. The van der Waals surface area contributed by atoms with Crippen molar-refractivity contribution in [2.45, 2.75) is 178 Å². The number of fused-ring (bicyclic) bond motifs is 2. The summed E-state index contributed by atoms with van der Waals surface area (Å²) in [5, 5.41) is 29.4. The Morgan fingerprint density at radius 3 is 1.83 bits per heavy atom. The molecule has 9 N–H and O–H groups in total. The van der Waals surface area contributed by atoms with Crippen molar-refractivity contribution >= 4 is 74.4 Å². The number of rotatable bonds is 17. The lowest BCUT2D eigenvalue weighted by Gasteiger charge is -2.37. The SMILES string of the molecule is COC(=O)[C@@H]1CCCCNC(=O)C[C@H](C)C(=O)N[C@@H](Cc2cn(C(c3ccccc3)(c3ccccc3)c3ccccc3)cn2)C(=O)N[C@H](Cc2ccccc2)C(=O)N[C@@H](CCCNC(=N)NS(=O)(=O)c2c(C)c(C)c3c(c2C)CC(C)(C)O3)C(=O)N[C@@H](Cc2cn(C(=O)OC(C)(C)C)c3ccccc23)C(=O)N1.[3H]C#C. The van der Waals surface area contributed by atoms with E-state index in [1.807, 2.05) is 116 Å². The van der Waals surface area contributed by atoms with E-state index in [9.17, 15) is 27.6 Å². The summed E-state index contributed by atoms with van der Waals surface area (Å²) in [6.45, 7) is 15.7. The number of imidazole rings is 1. The molecule has 10 rings (SSSR count). The molecule has 8 aromatic rings. The third-order valence-electron chi connectivity index (χ3n) is 19.4. The van der Waals surface area contributed by atoms with Gasteiger partial charge in [-0.2, -0.15) is 0 Å². The lowest BCUT2D eigenvalue weighted by atomic mass is 9.77. The molecule has 2 aromatic heterocycles. The van der Waals surface area contributed by atoms with E-state index in [-0.39, 0.29) is 69.4 Å². The van der Waals surface area contributed by atoms with Gasteiger partial charge in [0, 0.05) is 74.5 Å². The van der Waals surface area contributed by atoms with Gasteiger partial charge in [0.05, 0.1) is 29.5 Å². The summed E-state index contributed by atoms with van der Waals surface area (Å²) in [7, 11) is -3.23. The molecule has 4 heterocycles. The van der Waals surface area contributed by atoms with Crippen LogP contribution in [0.3, 0.4) is 0 Å². The fraction of sp³-hybridized carbons (Fsp3) is 0.373. The average Bonchev–Trinajstić information content (AvgIpc) is 1.30. The van der Waals surface area contributed by atoms with Crippen LogP contribution in [0.1, 0.15) is 137 Å². The van der Waals surface area contributed by atoms with Crippen molar-refractivity contribution in [3.8, 4) is 18.6 Å². The van der Waals surface area contributed by atoms with Crippen LogP contribution < -0.4 is 46.7 Å². The summed E-state index contributed by atoms with van der Waals surface area (Å²) in [5.74, 6) is -6.41. The fourth-order valence-electron chi connectivity index (χ4n) is 14.0. The second-order valence-electron chi connectivity index (χ2n) is 29.1. The summed E-state index contributed by atoms with van der Waals surface area (Å²) in [6, 6.07) is 37.9. The van der Waals surface area contributed by atoms with Crippen molar-refractivity contribution in [3.05, 3.63) is 220 Å². The number of benzene rings is 6. The van der Waals surface area contributed by atoms with Crippen LogP contribution in [-0.2, 0) is 84.3 Å². The van der Waals surface area contributed by atoms with Crippen LogP contribution in [0.4, 0.5) is 4.79 Å². The van der Waals surface area contributed by atoms with E-state index >= 15 is 19.2 Å². The Bertz CT molecular complexity index is 4710. The van der Waals surface area contributed by atoms with Gasteiger partial charge in [0.25, 0.3) is 10.0 Å². The number of sulfonamides is 1. The van der Waals surface area contributed by atoms with Crippen LogP contribution >= 0.6 is 0 Å². The first kappa shape index (κ1) is 80.0. The van der Waals surface area contributed by atoms with E-state index < -0.39 is 116 Å². The van der Waals surface area contributed by atoms with Crippen LogP contribution in [0.5, 0.6) is 5.75 Å². The van der Waals surface area contributed by atoms with Gasteiger partial charge in [-0.3, -0.25) is 38.7 Å². The fourth-order valence-corrected chi connectivity index (χ4v) is 15.5. The van der Waals surface area contributed by atoms with Crippen molar-refractivity contribution in [1.29, 1.82) is 5.41 Å². The van der Waals surface area contributed by atoms with E-state index in [0.29, 0.717) is 63.0 Å². The van der Waals surface area contributed by atoms with Crippen LogP contribution in [-0.4, -0.2) is 138 Å². The largest absolute Gasteiger partial charge is 0.487 e. The highest BCUT2D eigenvalue weighted by Gasteiger charge is 2.41. The number of terminal acetylenes is 1. The molecule has 25 nitrogen and oxygen atoms in total. The van der Waals surface area contributed by atoms with Crippen LogP contribution in [0, 0.1) is 44.9 Å². The number of carbonyl (C=O) groups excluding carboxylic acids is 8. The van der Waals surface area contributed by atoms with Crippen molar-refractivity contribution in [2.24, 2.45) is 5.92 Å². The van der Waals surface area contributed by atoms with Crippen molar-refractivity contribution in [2.75, 3.05) is 20.2 Å². The molecule has 0 unspecified atom stereocenters.